The summed E-state index contributed by atoms with van der Waals surface area (Å²) in [6.45, 7) is 7.83. The fourth-order valence-electron chi connectivity index (χ4n) is 2.93. The Morgan fingerprint density at radius 3 is 2.59 bits per heavy atom. The first-order valence-corrected chi connectivity index (χ1v) is 8.30. The SMILES string of the molecule is CCCN1C(=O)CCC(N)C1c1ccc(OCC(C)C)cc1. The second-order valence-electron chi connectivity index (χ2n) is 6.51. The molecule has 22 heavy (non-hydrogen) atoms. The van der Waals surface area contributed by atoms with E-state index in [1.165, 1.54) is 0 Å². The van der Waals surface area contributed by atoms with Gasteiger partial charge in [0.1, 0.15) is 5.75 Å². The van der Waals surface area contributed by atoms with Crippen LogP contribution in [0.4, 0.5) is 0 Å². The maximum Gasteiger partial charge on any atom is 0.223 e. The van der Waals surface area contributed by atoms with Crippen molar-refractivity contribution >= 4 is 5.91 Å². The molecule has 4 nitrogen and oxygen atoms in total. The summed E-state index contributed by atoms with van der Waals surface area (Å²) in [6.07, 6.45) is 2.27. The molecule has 1 heterocycles. The minimum absolute atomic E-state index is 0.00619. The molecule has 0 bridgehead atoms. The third-order valence-electron chi connectivity index (χ3n) is 4.02. The highest BCUT2D eigenvalue weighted by atomic mass is 16.5. The van der Waals surface area contributed by atoms with E-state index in [1.807, 2.05) is 29.2 Å². The second kappa shape index (κ2) is 7.63. The second-order valence-corrected chi connectivity index (χ2v) is 6.51. The van der Waals surface area contributed by atoms with Crippen LogP contribution in [0.1, 0.15) is 51.6 Å². The quantitative estimate of drug-likeness (QED) is 0.878. The van der Waals surface area contributed by atoms with Crippen LogP contribution >= 0.6 is 0 Å². The smallest absolute Gasteiger partial charge is 0.223 e. The van der Waals surface area contributed by atoms with Crippen LogP contribution in [0.5, 0.6) is 5.75 Å². The van der Waals surface area contributed by atoms with E-state index in [-0.39, 0.29) is 18.0 Å². The molecule has 1 aromatic carbocycles. The molecule has 0 saturated carbocycles. The van der Waals surface area contributed by atoms with E-state index in [0.717, 1.165) is 30.7 Å². The van der Waals surface area contributed by atoms with Crippen LogP contribution in [-0.4, -0.2) is 30.0 Å². The summed E-state index contributed by atoms with van der Waals surface area (Å²) in [4.78, 5) is 14.1. The number of likely N-dealkylation sites (tertiary alicyclic amines) is 1. The third-order valence-corrected chi connectivity index (χ3v) is 4.02. The molecule has 2 N–H and O–H groups in total. The summed E-state index contributed by atoms with van der Waals surface area (Å²) in [5, 5.41) is 0. The number of carbonyl (C=O) groups excluding carboxylic acids is 1. The molecule has 2 rings (SSSR count). The zero-order valence-corrected chi connectivity index (χ0v) is 13.9. The molecule has 0 aliphatic carbocycles. The van der Waals surface area contributed by atoms with Gasteiger partial charge in [-0.3, -0.25) is 4.79 Å². The number of ether oxygens (including phenoxy) is 1. The van der Waals surface area contributed by atoms with E-state index in [9.17, 15) is 4.79 Å². The number of hydrogen-bond donors (Lipinski definition) is 1. The number of amides is 1. The molecule has 0 radical (unpaired) electrons. The molecule has 0 spiro atoms. The van der Waals surface area contributed by atoms with Gasteiger partial charge in [0.05, 0.1) is 12.6 Å². The summed E-state index contributed by atoms with van der Waals surface area (Å²) in [7, 11) is 0. The monoisotopic (exact) mass is 304 g/mol. The maximum atomic E-state index is 12.2. The Hall–Kier alpha value is -1.55. The molecule has 1 aliphatic rings. The number of nitrogens with two attached hydrogens (primary N) is 1. The van der Waals surface area contributed by atoms with Crippen molar-refractivity contribution < 1.29 is 9.53 Å². The fourth-order valence-corrected chi connectivity index (χ4v) is 2.93. The summed E-state index contributed by atoms with van der Waals surface area (Å²) < 4.78 is 5.72. The van der Waals surface area contributed by atoms with E-state index in [4.69, 9.17) is 10.5 Å². The lowest BCUT2D eigenvalue weighted by atomic mass is 9.90. The Morgan fingerprint density at radius 2 is 2.00 bits per heavy atom. The molecule has 1 amide bonds. The van der Waals surface area contributed by atoms with Gasteiger partial charge in [0.25, 0.3) is 0 Å². The topological polar surface area (TPSA) is 55.6 Å². The first kappa shape index (κ1) is 16.8. The summed E-state index contributed by atoms with van der Waals surface area (Å²) in [5.41, 5.74) is 7.41. The number of rotatable bonds is 6. The fraction of sp³-hybridized carbons (Fsp3) is 0.611. The van der Waals surface area contributed by atoms with Crippen molar-refractivity contribution in [3.8, 4) is 5.75 Å². The van der Waals surface area contributed by atoms with E-state index < -0.39 is 0 Å². The normalized spacial score (nSPS) is 22.2. The lowest BCUT2D eigenvalue weighted by Crippen LogP contribution is -2.49. The molecule has 1 saturated heterocycles. The molecule has 4 heteroatoms. The van der Waals surface area contributed by atoms with Crippen LogP contribution in [0.15, 0.2) is 24.3 Å². The van der Waals surface area contributed by atoms with Crippen molar-refractivity contribution in [2.75, 3.05) is 13.2 Å². The Bertz CT molecular complexity index is 484. The van der Waals surface area contributed by atoms with Gasteiger partial charge < -0.3 is 15.4 Å². The molecular formula is C18H28N2O2. The first-order valence-electron chi connectivity index (χ1n) is 8.30. The average Bonchev–Trinajstić information content (AvgIpc) is 2.50. The summed E-state index contributed by atoms with van der Waals surface area (Å²) in [6, 6.07) is 8.04. The standard InChI is InChI=1S/C18H28N2O2/c1-4-11-20-17(21)10-9-16(19)18(20)14-5-7-15(8-6-14)22-12-13(2)3/h5-8,13,16,18H,4,9-12,19H2,1-3H3. The number of benzene rings is 1. The maximum absolute atomic E-state index is 12.2. The van der Waals surface area contributed by atoms with Crippen LogP contribution in [0.3, 0.4) is 0 Å². The van der Waals surface area contributed by atoms with Crippen molar-refractivity contribution in [3.05, 3.63) is 29.8 Å². The van der Waals surface area contributed by atoms with Gasteiger partial charge in [-0.25, -0.2) is 0 Å². The van der Waals surface area contributed by atoms with Crippen LogP contribution < -0.4 is 10.5 Å². The molecule has 2 atom stereocenters. The largest absolute Gasteiger partial charge is 0.493 e. The Labute approximate surface area is 133 Å². The van der Waals surface area contributed by atoms with Crippen molar-refractivity contribution in [2.45, 2.75) is 52.1 Å². The van der Waals surface area contributed by atoms with Gasteiger partial charge in [-0.15, -0.1) is 0 Å². The molecule has 1 aromatic rings. The molecule has 0 aromatic heterocycles. The van der Waals surface area contributed by atoms with Gasteiger partial charge in [0.2, 0.25) is 5.91 Å². The van der Waals surface area contributed by atoms with Gasteiger partial charge in [-0.2, -0.15) is 0 Å². The van der Waals surface area contributed by atoms with Gasteiger partial charge in [0, 0.05) is 19.0 Å². The number of piperidine rings is 1. The minimum atomic E-state index is -0.0136. The van der Waals surface area contributed by atoms with Crippen LogP contribution in [0, 0.1) is 5.92 Å². The predicted octanol–water partition coefficient (Wildman–Crippen LogP) is 3.12. The van der Waals surface area contributed by atoms with E-state index in [2.05, 4.69) is 20.8 Å². The highest BCUT2D eigenvalue weighted by Crippen LogP contribution is 2.32. The highest BCUT2D eigenvalue weighted by molar-refractivity contribution is 5.78. The lowest BCUT2D eigenvalue weighted by molar-refractivity contribution is -0.137. The first-order chi connectivity index (χ1) is 10.5. The Kier molecular flexibility index (Phi) is 5.83. The number of nitrogens with zero attached hydrogens (tertiary/aromatic N) is 1. The van der Waals surface area contributed by atoms with E-state index >= 15 is 0 Å². The molecule has 2 unspecified atom stereocenters. The highest BCUT2D eigenvalue weighted by Gasteiger charge is 2.34. The third kappa shape index (κ3) is 4.01. The average molecular weight is 304 g/mol. The van der Waals surface area contributed by atoms with Crippen LogP contribution in [-0.2, 0) is 4.79 Å². The zero-order chi connectivity index (χ0) is 16.1. The molecular weight excluding hydrogens is 276 g/mol. The van der Waals surface area contributed by atoms with Gasteiger partial charge >= 0.3 is 0 Å². The van der Waals surface area contributed by atoms with E-state index in [0.29, 0.717) is 18.9 Å². The van der Waals surface area contributed by atoms with Crippen LogP contribution in [0.25, 0.3) is 0 Å². The van der Waals surface area contributed by atoms with Gasteiger partial charge in [-0.05, 0) is 36.5 Å². The number of hydrogen-bond acceptors (Lipinski definition) is 3. The summed E-state index contributed by atoms with van der Waals surface area (Å²) in [5.74, 6) is 1.59. The summed E-state index contributed by atoms with van der Waals surface area (Å²) >= 11 is 0. The van der Waals surface area contributed by atoms with Crippen molar-refractivity contribution in [2.24, 2.45) is 11.7 Å². The predicted molar refractivity (Wildman–Crippen MR) is 88.7 cm³/mol. The minimum Gasteiger partial charge on any atom is -0.493 e. The Morgan fingerprint density at radius 1 is 1.32 bits per heavy atom. The molecule has 1 fully saturated rings. The lowest BCUT2D eigenvalue weighted by Gasteiger charge is -2.40. The van der Waals surface area contributed by atoms with Crippen molar-refractivity contribution in [3.63, 3.8) is 0 Å². The van der Waals surface area contributed by atoms with Crippen molar-refractivity contribution in [1.82, 2.24) is 4.90 Å². The number of carbonyl (C=O) groups is 1. The zero-order valence-electron chi connectivity index (χ0n) is 13.9. The van der Waals surface area contributed by atoms with E-state index in [1.54, 1.807) is 0 Å². The van der Waals surface area contributed by atoms with Gasteiger partial charge in [0.15, 0.2) is 0 Å². The van der Waals surface area contributed by atoms with Crippen LogP contribution in [0.2, 0.25) is 0 Å². The molecule has 122 valence electrons. The molecule has 1 aliphatic heterocycles. The Balaban J connectivity index is 2.14. The van der Waals surface area contributed by atoms with Crippen molar-refractivity contribution in [1.29, 1.82) is 0 Å². The van der Waals surface area contributed by atoms with Gasteiger partial charge in [-0.1, -0.05) is 32.9 Å².